The van der Waals surface area contributed by atoms with Gasteiger partial charge < -0.3 is 10.0 Å². The fraction of sp³-hybridized carbons (Fsp3) is 0.571. The molecule has 1 aromatic rings. The summed E-state index contributed by atoms with van der Waals surface area (Å²) in [7, 11) is 0. The smallest absolute Gasteiger partial charge is 0.125 e. The number of piperidine rings is 1. The third-order valence-corrected chi connectivity index (χ3v) is 3.88. The zero-order valence-corrected chi connectivity index (χ0v) is 10.5. The quantitative estimate of drug-likeness (QED) is 0.855. The van der Waals surface area contributed by atoms with E-state index in [1.165, 1.54) is 6.07 Å². The van der Waals surface area contributed by atoms with Crippen LogP contribution in [0.15, 0.2) is 24.3 Å². The van der Waals surface area contributed by atoms with E-state index in [1.807, 2.05) is 6.07 Å². The van der Waals surface area contributed by atoms with Gasteiger partial charge in [0.15, 0.2) is 0 Å². The van der Waals surface area contributed by atoms with Gasteiger partial charge in [-0.1, -0.05) is 19.9 Å². The highest BCUT2D eigenvalue weighted by Gasteiger charge is 2.35. The SMILES string of the molecule is CC(C)C1(O)CCN(c2cccc(F)c2)CC1. The standard InChI is InChI=1S/C14H20FNO/c1-11(2)14(17)6-8-16(9-7-14)13-5-3-4-12(15)10-13/h3-5,10-11,17H,6-9H2,1-2H3. The van der Waals surface area contributed by atoms with Crippen LogP contribution in [0.4, 0.5) is 10.1 Å². The van der Waals surface area contributed by atoms with Crippen LogP contribution in [0.25, 0.3) is 0 Å². The summed E-state index contributed by atoms with van der Waals surface area (Å²) in [5.74, 6) is 0.0735. The van der Waals surface area contributed by atoms with E-state index in [4.69, 9.17) is 0 Å². The van der Waals surface area contributed by atoms with Gasteiger partial charge in [-0.2, -0.15) is 0 Å². The maximum absolute atomic E-state index is 13.1. The number of aliphatic hydroxyl groups is 1. The van der Waals surface area contributed by atoms with E-state index in [0.29, 0.717) is 0 Å². The van der Waals surface area contributed by atoms with Crippen LogP contribution >= 0.6 is 0 Å². The fourth-order valence-electron chi connectivity index (χ4n) is 2.40. The van der Waals surface area contributed by atoms with Crippen molar-refractivity contribution >= 4 is 5.69 Å². The van der Waals surface area contributed by atoms with Gasteiger partial charge >= 0.3 is 0 Å². The molecule has 94 valence electrons. The molecule has 2 rings (SSSR count). The van der Waals surface area contributed by atoms with Gasteiger partial charge in [0.25, 0.3) is 0 Å². The minimum atomic E-state index is -0.552. The number of hydrogen-bond donors (Lipinski definition) is 1. The summed E-state index contributed by atoms with van der Waals surface area (Å²) in [6.07, 6.45) is 1.50. The van der Waals surface area contributed by atoms with Crippen molar-refractivity contribution in [3.8, 4) is 0 Å². The third kappa shape index (κ3) is 2.60. The van der Waals surface area contributed by atoms with Crippen LogP contribution in [0, 0.1) is 11.7 Å². The molecule has 1 fully saturated rings. The van der Waals surface area contributed by atoms with E-state index in [1.54, 1.807) is 12.1 Å². The molecular formula is C14H20FNO. The molecule has 0 radical (unpaired) electrons. The first-order chi connectivity index (χ1) is 8.01. The highest BCUT2D eigenvalue weighted by Crippen LogP contribution is 2.31. The van der Waals surface area contributed by atoms with E-state index in [2.05, 4.69) is 18.7 Å². The molecule has 0 bridgehead atoms. The molecule has 1 aliphatic rings. The molecule has 0 saturated carbocycles. The first-order valence-electron chi connectivity index (χ1n) is 6.24. The Hall–Kier alpha value is -1.09. The Morgan fingerprint density at radius 2 is 1.94 bits per heavy atom. The largest absolute Gasteiger partial charge is 0.389 e. The summed E-state index contributed by atoms with van der Waals surface area (Å²) in [5, 5.41) is 10.4. The van der Waals surface area contributed by atoms with Crippen molar-refractivity contribution in [3.05, 3.63) is 30.1 Å². The zero-order valence-electron chi connectivity index (χ0n) is 10.5. The Balaban J connectivity index is 2.04. The molecule has 0 spiro atoms. The van der Waals surface area contributed by atoms with Gasteiger partial charge in [0.05, 0.1) is 5.60 Å². The second kappa shape index (κ2) is 4.65. The number of anilines is 1. The fourth-order valence-corrected chi connectivity index (χ4v) is 2.40. The van der Waals surface area contributed by atoms with Gasteiger partial charge in [-0.25, -0.2) is 4.39 Å². The Bertz CT molecular complexity index is 384. The van der Waals surface area contributed by atoms with Gasteiger partial charge in [-0.05, 0) is 37.0 Å². The maximum atomic E-state index is 13.1. The lowest BCUT2D eigenvalue weighted by Crippen LogP contribution is -2.47. The summed E-state index contributed by atoms with van der Waals surface area (Å²) in [6.45, 7) is 5.69. The normalized spacial score (nSPS) is 19.7. The van der Waals surface area contributed by atoms with E-state index < -0.39 is 5.60 Å². The maximum Gasteiger partial charge on any atom is 0.125 e. The molecule has 0 amide bonds. The van der Waals surface area contributed by atoms with E-state index >= 15 is 0 Å². The van der Waals surface area contributed by atoms with Gasteiger partial charge in [-0.3, -0.25) is 0 Å². The summed E-state index contributed by atoms with van der Waals surface area (Å²) in [6, 6.07) is 6.66. The van der Waals surface area contributed by atoms with Gasteiger partial charge in [-0.15, -0.1) is 0 Å². The zero-order chi connectivity index (χ0) is 12.5. The molecule has 1 N–H and O–H groups in total. The average molecular weight is 237 g/mol. The van der Waals surface area contributed by atoms with Gasteiger partial charge in [0, 0.05) is 18.8 Å². The lowest BCUT2D eigenvalue weighted by Gasteiger charge is -2.41. The lowest BCUT2D eigenvalue weighted by atomic mass is 9.81. The number of rotatable bonds is 2. The predicted molar refractivity (Wildman–Crippen MR) is 67.6 cm³/mol. The molecule has 0 atom stereocenters. The molecule has 0 aliphatic carbocycles. The van der Waals surface area contributed by atoms with Crippen LogP contribution < -0.4 is 4.90 Å². The first-order valence-corrected chi connectivity index (χ1v) is 6.24. The third-order valence-electron chi connectivity index (χ3n) is 3.88. The monoisotopic (exact) mass is 237 g/mol. The molecule has 1 heterocycles. The Labute approximate surface area is 102 Å². The Morgan fingerprint density at radius 3 is 2.47 bits per heavy atom. The van der Waals surface area contributed by atoms with Crippen molar-refractivity contribution in [2.75, 3.05) is 18.0 Å². The Kier molecular flexibility index (Phi) is 3.38. The van der Waals surface area contributed by atoms with E-state index in [9.17, 15) is 9.50 Å². The molecule has 0 aromatic heterocycles. The number of halogens is 1. The van der Waals surface area contributed by atoms with Crippen LogP contribution in [-0.4, -0.2) is 23.8 Å². The average Bonchev–Trinajstić information content (AvgIpc) is 2.30. The van der Waals surface area contributed by atoms with Crippen molar-refractivity contribution in [3.63, 3.8) is 0 Å². The molecule has 0 unspecified atom stereocenters. The van der Waals surface area contributed by atoms with Crippen molar-refractivity contribution in [2.24, 2.45) is 5.92 Å². The minimum absolute atomic E-state index is 0.202. The molecule has 1 aliphatic heterocycles. The predicted octanol–water partition coefficient (Wildman–Crippen LogP) is 2.81. The van der Waals surface area contributed by atoms with E-state index in [0.717, 1.165) is 31.6 Å². The molecule has 1 saturated heterocycles. The molecule has 17 heavy (non-hydrogen) atoms. The van der Waals surface area contributed by atoms with Crippen LogP contribution in [0.2, 0.25) is 0 Å². The summed E-state index contributed by atoms with van der Waals surface area (Å²) < 4.78 is 13.1. The highest BCUT2D eigenvalue weighted by molar-refractivity contribution is 5.47. The molecule has 3 heteroatoms. The lowest BCUT2D eigenvalue weighted by molar-refractivity contribution is -0.0262. The number of benzene rings is 1. The topological polar surface area (TPSA) is 23.5 Å². The molecular weight excluding hydrogens is 217 g/mol. The van der Waals surface area contributed by atoms with Crippen LogP contribution in [-0.2, 0) is 0 Å². The summed E-state index contributed by atoms with van der Waals surface area (Å²) >= 11 is 0. The minimum Gasteiger partial charge on any atom is -0.389 e. The number of nitrogens with zero attached hydrogens (tertiary/aromatic N) is 1. The Morgan fingerprint density at radius 1 is 1.29 bits per heavy atom. The van der Waals surface area contributed by atoms with Gasteiger partial charge in [0.1, 0.15) is 5.82 Å². The summed E-state index contributed by atoms with van der Waals surface area (Å²) in [5.41, 5.74) is 0.361. The van der Waals surface area contributed by atoms with E-state index in [-0.39, 0.29) is 11.7 Å². The van der Waals surface area contributed by atoms with Crippen LogP contribution in [0.5, 0.6) is 0 Å². The molecule has 2 nitrogen and oxygen atoms in total. The second-order valence-electron chi connectivity index (χ2n) is 5.23. The number of hydrogen-bond acceptors (Lipinski definition) is 2. The second-order valence-corrected chi connectivity index (χ2v) is 5.23. The molecule has 1 aromatic carbocycles. The first kappa shape index (κ1) is 12.4. The summed E-state index contributed by atoms with van der Waals surface area (Å²) in [4.78, 5) is 2.14. The van der Waals surface area contributed by atoms with Gasteiger partial charge in [0.2, 0.25) is 0 Å². The van der Waals surface area contributed by atoms with Crippen molar-refractivity contribution < 1.29 is 9.50 Å². The van der Waals surface area contributed by atoms with Crippen molar-refractivity contribution in [2.45, 2.75) is 32.3 Å². The van der Waals surface area contributed by atoms with Crippen molar-refractivity contribution in [1.29, 1.82) is 0 Å². The van der Waals surface area contributed by atoms with Crippen LogP contribution in [0.3, 0.4) is 0 Å². The van der Waals surface area contributed by atoms with Crippen molar-refractivity contribution in [1.82, 2.24) is 0 Å². The highest BCUT2D eigenvalue weighted by atomic mass is 19.1. The van der Waals surface area contributed by atoms with Crippen LogP contribution in [0.1, 0.15) is 26.7 Å².